The number of hydrogen-bond donors (Lipinski definition) is 0. The van der Waals surface area contributed by atoms with Crippen molar-refractivity contribution in [3.8, 4) is 0 Å². The van der Waals surface area contributed by atoms with Gasteiger partial charge in [-0.1, -0.05) is 66.7 Å². The van der Waals surface area contributed by atoms with Crippen molar-refractivity contribution in [3.63, 3.8) is 0 Å². The van der Waals surface area contributed by atoms with E-state index in [4.69, 9.17) is 14.2 Å². The van der Waals surface area contributed by atoms with Gasteiger partial charge < -0.3 is 14.2 Å². The second kappa shape index (κ2) is 11.4. The summed E-state index contributed by atoms with van der Waals surface area (Å²) < 4.78 is 16.0. The van der Waals surface area contributed by atoms with Crippen molar-refractivity contribution in [3.05, 3.63) is 119 Å². The van der Waals surface area contributed by atoms with Crippen LogP contribution in [-0.4, -0.2) is 19.0 Å². The largest absolute Gasteiger partial charge is 0.501 e. The van der Waals surface area contributed by atoms with Crippen LogP contribution in [0.5, 0.6) is 0 Å². The summed E-state index contributed by atoms with van der Waals surface area (Å²) in [6.07, 6.45) is 8.48. The van der Waals surface area contributed by atoms with E-state index >= 15 is 0 Å². The zero-order chi connectivity index (χ0) is 21.9. The first-order valence-corrected chi connectivity index (χ1v) is 9.89. The molecular formula is C26H24O5. The van der Waals surface area contributed by atoms with E-state index in [1.807, 2.05) is 60.7 Å². The van der Waals surface area contributed by atoms with Gasteiger partial charge in [-0.2, -0.15) is 0 Å². The number of allylic oxidation sites excluding steroid dienone is 4. The first-order chi connectivity index (χ1) is 15.1. The molecule has 0 aliphatic heterocycles. The molecule has 158 valence electrons. The van der Waals surface area contributed by atoms with Gasteiger partial charge in [0.15, 0.2) is 0 Å². The number of hydrogen-bond acceptors (Lipinski definition) is 5. The Bertz CT molecular complexity index is 1010. The van der Waals surface area contributed by atoms with Gasteiger partial charge in [-0.25, -0.2) is 9.59 Å². The molecule has 0 atom stereocenters. The standard InChI is InChI=1S/C26H24O5/c1-29-24-14-13-23(26(28)31-19-21-10-6-3-7-11-21)16-22(17-24)12-15-25(27)30-18-20-8-4-2-5-9-20/h2-16H,17-19H2,1H3/b15-12+. The second-order valence-electron chi connectivity index (χ2n) is 6.84. The Balaban J connectivity index is 1.63. The number of carbonyl (C=O) groups excluding carboxylic acids is 2. The minimum atomic E-state index is -0.464. The Labute approximate surface area is 181 Å². The summed E-state index contributed by atoms with van der Waals surface area (Å²) in [5.41, 5.74) is 2.92. The number of methoxy groups -OCH3 is 1. The number of esters is 2. The minimum absolute atomic E-state index is 0.183. The van der Waals surface area contributed by atoms with E-state index in [0.29, 0.717) is 17.8 Å². The summed E-state index contributed by atoms with van der Waals surface area (Å²) in [6, 6.07) is 18.9. The van der Waals surface area contributed by atoms with Gasteiger partial charge in [-0.15, -0.1) is 0 Å². The molecule has 0 bridgehead atoms. The highest BCUT2D eigenvalue weighted by Gasteiger charge is 2.14. The number of benzene rings is 2. The Kier molecular flexibility index (Phi) is 8.00. The Hall–Kier alpha value is -3.86. The number of rotatable bonds is 8. The van der Waals surface area contributed by atoms with Crippen LogP contribution in [0.1, 0.15) is 17.5 Å². The van der Waals surface area contributed by atoms with Gasteiger partial charge in [0.1, 0.15) is 13.2 Å². The lowest BCUT2D eigenvalue weighted by molar-refractivity contribution is -0.140. The highest BCUT2D eigenvalue weighted by atomic mass is 16.5. The van der Waals surface area contributed by atoms with Crippen LogP contribution < -0.4 is 0 Å². The maximum atomic E-state index is 12.5. The summed E-state index contributed by atoms with van der Waals surface area (Å²) in [6.45, 7) is 0.381. The van der Waals surface area contributed by atoms with Crippen LogP contribution in [0.25, 0.3) is 0 Å². The Morgan fingerprint density at radius 3 is 2.10 bits per heavy atom. The highest BCUT2D eigenvalue weighted by Crippen LogP contribution is 2.21. The van der Waals surface area contributed by atoms with Gasteiger partial charge in [0.05, 0.1) is 18.4 Å². The lowest BCUT2D eigenvalue weighted by Gasteiger charge is -2.07. The van der Waals surface area contributed by atoms with Gasteiger partial charge >= 0.3 is 11.9 Å². The maximum absolute atomic E-state index is 12.5. The van der Waals surface area contributed by atoms with E-state index in [1.165, 1.54) is 6.08 Å². The number of carbonyl (C=O) groups is 2. The molecule has 0 unspecified atom stereocenters. The number of ether oxygens (including phenoxy) is 3. The minimum Gasteiger partial charge on any atom is -0.501 e. The second-order valence-corrected chi connectivity index (χ2v) is 6.84. The SMILES string of the molecule is COC1=CC=C(C(=O)OCc2ccccc2)C=C(/C=C/C(=O)OCc2ccccc2)C1. The van der Waals surface area contributed by atoms with Crippen molar-refractivity contribution in [1.82, 2.24) is 0 Å². The van der Waals surface area contributed by atoms with Crippen molar-refractivity contribution in [2.24, 2.45) is 0 Å². The predicted molar refractivity (Wildman–Crippen MR) is 117 cm³/mol. The van der Waals surface area contributed by atoms with E-state index in [2.05, 4.69) is 0 Å². The van der Waals surface area contributed by atoms with Crippen molar-refractivity contribution >= 4 is 11.9 Å². The topological polar surface area (TPSA) is 61.8 Å². The van der Waals surface area contributed by atoms with Gasteiger partial charge in [-0.05, 0) is 34.9 Å². The molecule has 0 spiro atoms. The molecule has 2 aromatic carbocycles. The van der Waals surface area contributed by atoms with Gasteiger partial charge in [0.25, 0.3) is 0 Å². The quantitative estimate of drug-likeness (QED) is 0.456. The summed E-state index contributed by atoms with van der Waals surface area (Å²) in [5.74, 6) is -0.247. The Morgan fingerprint density at radius 1 is 0.871 bits per heavy atom. The molecule has 1 aliphatic rings. The molecule has 0 amide bonds. The molecule has 0 radical (unpaired) electrons. The predicted octanol–water partition coefficient (Wildman–Crippen LogP) is 4.82. The van der Waals surface area contributed by atoms with Gasteiger partial charge in [-0.3, -0.25) is 0 Å². The first-order valence-electron chi connectivity index (χ1n) is 9.89. The van der Waals surface area contributed by atoms with E-state index < -0.39 is 11.9 Å². The van der Waals surface area contributed by atoms with Crippen LogP contribution in [0.2, 0.25) is 0 Å². The third kappa shape index (κ3) is 7.16. The molecule has 2 aromatic rings. The van der Waals surface area contributed by atoms with Crippen LogP contribution in [0, 0.1) is 0 Å². The normalized spacial score (nSPS) is 13.5. The molecule has 0 saturated heterocycles. The molecule has 0 saturated carbocycles. The molecule has 0 N–H and O–H groups in total. The van der Waals surface area contributed by atoms with Crippen LogP contribution >= 0.6 is 0 Å². The molecule has 5 nitrogen and oxygen atoms in total. The van der Waals surface area contributed by atoms with Crippen molar-refractivity contribution in [2.75, 3.05) is 7.11 Å². The zero-order valence-corrected chi connectivity index (χ0v) is 17.3. The van der Waals surface area contributed by atoms with Crippen molar-refractivity contribution < 1.29 is 23.8 Å². The highest BCUT2D eigenvalue weighted by molar-refractivity contribution is 5.92. The monoisotopic (exact) mass is 416 g/mol. The summed E-state index contributed by atoms with van der Waals surface area (Å²) in [4.78, 5) is 24.6. The average molecular weight is 416 g/mol. The summed E-state index contributed by atoms with van der Waals surface area (Å²) in [7, 11) is 1.56. The molecule has 5 heteroatoms. The van der Waals surface area contributed by atoms with Gasteiger partial charge in [0.2, 0.25) is 0 Å². The lowest BCUT2D eigenvalue weighted by atomic mass is 10.1. The molecular weight excluding hydrogens is 392 g/mol. The van der Waals surface area contributed by atoms with Crippen molar-refractivity contribution in [1.29, 1.82) is 0 Å². The van der Waals surface area contributed by atoms with E-state index in [1.54, 1.807) is 31.4 Å². The molecule has 0 fully saturated rings. The van der Waals surface area contributed by atoms with Crippen LogP contribution in [-0.2, 0) is 37.0 Å². The fourth-order valence-electron chi connectivity index (χ4n) is 2.87. The third-order valence-corrected chi connectivity index (χ3v) is 4.54. The fourth-order valence-corrected chi connectivity index (χ4v) is 2.87. The van der Waals surface area contributed by atoms with Crippen LogP contribution in [0.3, 0.4) is 0 Å². The Morgan fingerprint density at radius 2 is 1.48 bits per heavy atom. The van der Waals surface area contributed by atoms with Crippen molar-refractivity contribution in [2.45, 2.75) is 19.6 Å². The summed E-state index contributed by atoms with van der Waals surface area (Å²) in [5, 5.41) is 0. The average Bonchev–Trinajstić information content (AvgIpc) is 3.03. The molecule has 31 heavy (non-hydrogen) atoms. The molecule has 3 rings (SSSR count). The summed E-state index contributed by atoms with van der Waals surface area (Å²) >= 11 is 0. The van der Waals surface area contributed by atoms with E-state index in [-0.39, 0.29) is 13.2 Å². The lowest BCUT2D eigenvalue weighted by Crippen LogP contribution is -2.07. The first kappa shape index (κ1) is 21.8. The van der Waals surface area contributed by atoms with Crippen LogP contribution in [0.15, 0.2) is 108 Å². The molecule has 0 aromatic heterocycles. The van der Waals surface area contributed by atoms with E-state index in [9.17, 15) is 9.59 Å². The maximum Gasteiger partial charge on any atom is 0.338 e. The zero-order valence-electron chi connectivity index (χ0n) is 17.3. The molecule has 0 heterocycles. The fraction of sp³-hybridized carbons (Fsp3) is 0.154. The van der Waals surface area contributed by atoms with E-state index in [0.717, 1.165) is 16.7 Å². The third-order valence-electron chi connectivity index (χ3n) is 4.54. The smallest absolute Gasteiger partial charge is 0.338 e. The van der Waals surface area contributed by atoms with Crippen LogP contribution in [0.4, 0.5) is 0 Å². The molecule has 1 aliphatic carbocycles. The van der Waals surface area contributed by atoms with Gasteiger partial charge in [0, 0.05) is 12.5 Å².